The summed E-state index contributed by atoms with van der Waals surface area (Å²) in [4.78, 5) is 22.4. The molecular weight excluding hydrogens is 403 g/mol. The minimum absolute atomic E-state index is 0. The molecule has 0 spiro atoms. The number of hydrogen-bond acceptors (Lipinski definition) is 8. The first-order valence-electron chi connectivity index (χ1n) is 7.70. The molecule has 0 aliphatic carbocycles. The standard InChI is InChI=1S/C17H22O7S2.Na/c1-12(17(19)23-3)10-24-16(18)8-9-25-11-13(2)14-4-6-15(7-5-14)26(20,21)22;/h4-7,13H,1,8-11H2,2-3H3,(H,20,21,22);/q;+1/p-1. The van der Waals surface area contributed by atoms with Crippen LogP contribution in [0.2, 0.25) is 0 Å². The second-order valence-corrected chi connectivity index (χ2v) is 8.03. The molecule has 27 heavy (non-hydrogen) atoms. The maximum atomic E-state index is 11.6. The van der Waals surface area contributed by atoms with Gasteiger partial charge in [0.1, 0.15) is 16.7 Å². The van der Waals surface area contributed by atoms with Crippen molar-refractivity contribution in [2.45, 2.75) is 24.2 Å². The molecule has 0 aliphatic heterocycles. The Labute approximate surface area is 185 Å². The van der Waals surface area contributed by atoms with Gasteiger partial charge in [-0.25, -0.2) is 13.2 Å². The van der Waals surface area contributed by atoms with Crippen LogP contribution < -0.4 is 29.6 Å². The summed E-state index contributed by atoms with van der Waals surface area (Å²) in [7, 11) is -3.21. The van der Waals surface area contributed by atoms with Gasteiger partial charge in [-0.3, -0.25) is 4.79 Å². The van der Waals surface area contributed by atoms with Crippen LogP contribution in [-0.4, -0.2) is 50.1 Å². The monoisotopic (exact) mass is 424 g/mol. The number of benzene rings is 1. The fourth-order valence-electron chi connectivity index (χ4n) is 1.92. The SMILES string of the molecule is C=C(COC(=O)CCSCC(C)c1ccc(S(=O)(=O)[O-])cc1)C(=O)OC.[Na+]. The van der Waals surface area contributed by atoms with Crippen LogP contribution in [0.1, 0.15) is 24.8 Å². The minimum atomic E-state index is -4.44. The normalized spacial score (nSPS) is 11.8. The van der Waals surface area contributed by atoms with Crippen LogP contribution in [0.25, 0.3) is 0 Å². The summed E-state index contributed by atoms with van der Waals surface area (Å²) >= 11 is 1.54. The predicted octanol–water partition coefficient (Wildman–Crippen LogP) is -0.906. The summed E-state index contributed by atoms with van der Waals surface area (Å²) < 4.78 is 42.1. The van der Waals surface area contributed by atoms with Crippen molar-refractivity contribution in [3.05, 3.63) is 42.0 Å². The van der Waals surface area contributed by atoms with Gasteiger partial charge in [0.25, 0.3) is 0 Å². The number of esters is 2. The Kier molecular flexibility index (Phi) is 12.2. The second-order valence-electron chi connectivity index (χ2n) is 5.50. The zero-order valence-corrected chi connectivity index (χ0v) is 19.2. The van der Waals surface area contributed by atoms with E-state index in [2.05, 4.69) is 11.3 Å². The van der Waals surface area contributed by atoms with Crippen LogP contribution in [0.15, 0.2) is 41.3 Å². The van der Waals surface area contributed by atoms with E-state index in [9.17, 15) is 22.6 Å². The third-order valence-corrected chi connectivity index (χ3v) is 5.52. The Morgan fingerprint density at radius 2 is 1.85 bits per heavy atom. The largest absolute Gasteiger partial charge is 1.00 e. The number of hydrogen-bond donors (Lipinski definition) is 0. The molecule has 0 N–H and O–H groups in total. The Hall–Kier alpha value is -0.840. The number of carbonyl (C=O) groups is 2. The molecule has 144 valence electrons. The zero-order chi connectivity index (χ0) is 19.7. The van der Waals surface area contributed by atoms with Gasteiger partial charge in [0.15, 0.2) is 0 Å². The summed E-state index contributed by atoms with van der Waals surface area (Å²) in [5.41, 5.74) is 0.979. The van der Waals surface area contributed by atoms with Crippen molar-refractivity contribution < 1.29 is 61.6 Å². The molecule has 0 radical (unpaired) electrons. The Morgan fingerprint density at radius 1 is 1.26 bits per heavy atom. The predicted molar refractivity (Wildman–Crippen MR) is 96.9 cm³/mol. The average Bonchev–Trinajstić information content (AvgIpc) is 2.61. The number of rotatable bonds is 10. The molecule has 0 aliphatic rings. The quantitative estimate of drug-likeness (QED) is 0.156. The Balaban J connectivity index is 0.00000676. The van der Waals surface area contributed by atoms with Gasteiger partial charge in [0, 0.05) is 5.75 Å². The summed E-state index contributed by atoms with van der Waals surface area (Å²) in [6, 6.07) is 5.82. The van der Waals surface area contributed by atoms with Crippen LogP contribution >= 0.6 is 11.8 Å². The van der Waals surface area contributed by atoms with Gasteiger partial charge in [-0.05, 0) is 29.4 Å². The van der Waals surface area contributed by atoms with Crippen molar-refractivity contribution in [3.63, 3.8) is 0 Å². The molecule has 0 saturated heterocycles. The van der Waals surface area contributed by atoms with Crippen LogP contribution in [0.4, 0.5) is 0 Å². The van der Waals surface area contributed by atoms with Gasteiger partial charge in [-0.15, -0.1) is 0 Å². The van der Waals surface area contributed by atoms with Crippen molar-refractivity contribution in [1.82, 2.24) is 0 Å². The van der Waals surface area contributed by atoms with Gasteiger partial charge in [-0.1, -0.05) is 25.6 Å². The molecular formula is C17H21NaO7S2. The number of ether oxygens (including phenoxy) is 2. The van der Waals surface area contributed by atoms with Gasteiger partial charge in [0.2, 0.25) is 0 Å². The number of thioether (sulfide) groups is 1. The van der Waals surface area contributed by atoms with Gasteiger partial charge in [-0.2, -0.15) is 11.8 Å². The van der Waals surface area contributed by atoms with Crippen molar-refractivity contribution in [1.29, 1.82) is 0 Å². The number of methoxy groups -OCH3 is 1. The number of carbonyl (C=O) groups excluding carboxylic acids is 2. The van der Waals surface area contributed by atoms with E-state index >= 15 is 0 Å². The first-order chi connectivity index (χ1) is 12.1. The molecule has 1 aromatic rings. The smallest absolute Gasteiger partial charge is 0.744 e. The van der Waals surface area contributed by atoms with Crippen molar-refractivity contribution in [2.75, 3.05) is 25.2 Å². The van der Waals surface area contributed by atoms with Crippen LogP contribution in [-0.2, 0) is 29.2 Å². The van der Waals surface area contributed by atoms with Crippen LogP contribution in [0.5, 0.6) is 0 Å². The Bertz CT molecular complexity index is 745. The minimum Gasteiger partial charge on any atom is -0.744 e. The first kappa shape index (κ1) is 26.2. The van der Waals surface area contributed by atoms with E-state index in [0.717, 1.165) is 5.56 Å². The maximum absolute atomic E-state index is 11.6. The molecule has 0 aromatic heterocycles. The summed E-state index contributed by atoms with van der Waals surface area (Å²) in [6.45, 7) is 5.23. The Morgan fingerprint density at radius 3 is 2.37 bits per heavy atom. The third kappa shape index (κ3) is 9.77. The van der Waals surface area contributed by atoms with E-state index in [1.54, 1.807) is 23.9 Å². The molecule has 0 heterocycles. The van der Waals surface area contributed by atoms with Crippen molar-refractivity contribution in [3.8, 4) is 0 Å². The molecule has 1 unspecified atom stereocenters. The van der Waals surface area contributed by atoms with Crippen molar-refractivity contribution >= 4 is 33.8 Å². The summed E-state index contributed by atoms with van der Waals surface area (Å²) in [5.74, 6) is 0.336. The molecule has 1 aromatic carbocycles. The van der Waals surface area contributed by atoms with E-state index in [-0.39, 0.29) is 59.0 Å². The topological polar surface area (TPSA) is 110 Å². The van der Waals surface area contributed by atoms with Gasteiger partial charge in [0.05, 0.1) is 24.0 Å². The molecule has 1 rings (SSSR count). The van der Waals surface area contributed by atoms with Crippen molar-refractivity contribution in [2.24, 2.45) is 0 Å². The van der Waals surface area contributed by atoms with E-state index in [1.165, 1.54) is 19.2 Å². The van der Waals surface area contributed by atoms with E-state index < -0.39 is 22.1 Å². The van der Waals surface area contributed by atoms with E-state index in [0.29, 0.717) is 11.5 Å². The molecule has 0 saturated carbocycles. The first-order valence-corrected chi connectivity index (χ1v) is 10.3. The maximum Gasteiger partial charge on any atom is 1.00 e. The van der Waals surface area contributed by atoms with Gasteiger partial charge < -0.3 is 14.0 Å². The second kappa shape index (κ2) is 12.6. The van der Waals surface area contributed by atoms with Crippen LogP contribution in [0.3, 0.4) is 0 Å². The average molecular weight is 424 g/mol. The molecule has 0 fully saturated rings. The molecule has 0 amide bonds. The van der Waals surface area contributed by atoms with Gasteiger partial charge >= 0.3 is 41.5 Å². The fraction of sp³-hybridized carbons (Fsp3) is 0.412. The molecule has 10 heteroatoms. The summed E-state index contributed by atoms with van der Waals surface area (Å²) in [6.07, 6.45) is 0.194. The molecule has 1 atom stereocenters. The molecule has 7 nitrogen and oxygen atoms in total. The van der Waals surface area contributed by atoms with E-state index in [1.807, 2.05) is 6.92 Å². The fourth-order valence-corrected chi connectivity index (χ4v) is 3.41. The third-order valence-electron chi connectivity index (χ3n) is 3.44. The summed E-state index contributed by atoms with van der Waals surface area (Å²) in [5, 5.41) is 0. The van der Waals surface area contributed by atoms with Crippen LogP contribution in [0, 0.1) is 0 Å². The molecule has 0 bridgehead atoms. The zero-order valence-electron chi connectivity index (χ0n) is 15.6. The van der Waals surface area contributed by atoms with E-state index in [4.69, 9.17) is 4.74 Å².